The molecule has 24 heavy (non-hydrogen) atoms. The zero-order valence-electron chi connectivity index (χ0n) is 12.9. The van der Waals surface area contributed by atoms with Gasteiger partial charge in [0.15, 0.2) is 0 Å². The zero-order valence-corrected chi connectivity index (χ0v) is 16.6. The van der Waals surface area contributed by atoms with Crippen molar-refractivity contribution in [3.8, 4) is 28.4 Å². The number of aromatic nitrogens is 2. The Kier molecular flexibility index (Phi) is 5.22. The molecule has 2 aromatic carbocycles. The van der Waals surface area contributed by atoms with Gasteiger partial charge in [0.2, 0.25) is 0 Å². The average Bonchev–Trinajstić information content (AvgIpc) is 3.06. The Morgan fingerprint density at radius 3 is 2.50 bits per heavy atom. The number of nitrogens with zero attached hydrogens (tertiary/aromatic N) is 2. The molecule has 1 heterocycles. The second-order valence-corrected chi connectivity index (χ2v) is 6.84. The first-order valence-corrected chi connectivity index (χ1v) is 8.80. The molecular formula is C17H13Cl2IN2O2. The van der Waals surface area contributed by atoms with E-state index in [1.807, 2.05) is 30.3 Å². The van der Waals surface area contributed by atoms with E-state index in [0.29, 0.717) is 21.5 Å². The van der Waals surface area contributed by atoms with Gasteiger partial charge < -0.3 is 9.47 Å². The van der Waals surface area contributed by atoms with Crippen molar-refractivity contribution in [3.05, 3.63) is 56.2 Å². The number of benzene rings is 2. The first-order valence-electron chi connectivity index (χ1n) is 6.97. The largest absolute Gasteiger partial charge is 0.496 e. The smallest absolute Gasteiger partial charge is 0.135 e. The van der Waals surface area contributed by atoms with Crippen LogP contribution in [0.25, 0.3) is 16.9 Å². The lowest BCUT2D eigenvalue weighted by atomic mass is 10.1. The Hall–Kier alpha value is -1.44. The van der Waals surface area contributed by atoms with Crippen LogP contribution >= 0.6 is 45.8 Å². The monoisotopic (exact) mass is 474 g/mol. The van der Waals surface area contributed by atoms with E-state index in [9.17, 15) is 0 Å². The Morgan fingerprint density at radius 1 is 1.04 bits per heavy atom. The highest BCUT2D eigenvalue weighted by Gasteiger charge is 2.17. The van der Waals surface area contributed by atoms with Crippen molar-refractivity contribution in [1.82, 2.24) is 9.78 Å². The highest BCUT2D eigenvalue weighted by Crippen LogP contribution is 2.38. The van der Waals surface area contributed by atoms with E-state index in [0.717, 1.165) is 20.6 Å². The normalized spacial score (nSPS) is 10.7. The minimum absolute atomic E-state index is 0.450. The van der Waals surface area contributed by atoms with Crippen molar-refractivity contribution in [1.29, 1.82) is 0 Å². The second-order valence-electron chi connectivity index (χ2n) is 4.89. The SMILES string of the molecule is COc1cc(OC)c(-c2ccnn2-c2cccc(Cl)c2Cl)cc1I. The van der Waals surface area contributed by atoms with Gasteiger partial charge in [-0.05, 0) is 46.9 Å². The van der Waals surface area contributed by atoms with Crippen LogP contribution in [0.2, 0.25) is 10.0 Å². The molecule has 7 heteroatoms. The van der Waals surface area contributed by atoms with E-state index in [1.54, 1.807) is 31.2 Å². The highest BCUT2D eigenvalue weighted by molar-refractivity contribution is 14.1. The summed E-state index contributed by atoms with van der Waals surface area (Å²) in [7, 11) is 3.25. The maximum Gasteiger partial charge on any atom is 0.135 e. The minimum atomic E-state index is 0.450. The third kappa shape index (κ3) is 3.08. The summed E-state index contributed by atoms with van der Waals surface area (Å²) in [6.07, 6.45) is 1.71. The van der Waals surface area contributed by atoms with Gasteiger partial charge in [0.25, 0.3) is 0 Å². The van der Waals surface area contributed by atoms with Crippen LogP contribution in [0.15, 0.2) is 42.6 Å². The fourth-order valence-electron chi connectivity index (χ4n) is 2.42. The molecule has 0 bridgehead atoms. The molecule has 3 rings (SSSR count). The van der Waals surface area contributed by atoms with E-state index in [-0.39, 0.29) is 0 Å². The fourth-order valence-corrected chi connectivity index (χ4v) is 3.48. The second kappa shape index (κ2) is 7.21. The molecule has 0 radical (unpaired) electrons. The highest BCUT2D eigenvalue weighted by atomic mass is 127. The first kappa shape index (κ1) is 17.4. The van der Waals surface area contributed by atoms with Crippen LogP contribution in [0.5, 0.6) is 11.5 Å². The number of rotatable bonds is 4. The van der Waals surface area contributed by atoms with Crippen molar-refractivity contribution in [3.63, 3.8) is 0 Å². The van der Waals surface area contributed by atoms with Crippen LogP contribution in [0.4, 0.5) is 0 Å². The molecule has 0 saturated heterocycles. The van der Waals surface area contributed by atoms with Crippen molar-refractivity contribution >= 4 is 45.8 Å². The molecule has 0 amide bonds. The fraction of sp³-hybridized carbons (Fsp3) is 0.118. The van der Waals surface area contributed by atoms with Crippen LogP contribution in [-0.2, 0) is 0 Å². The molecule has 4 nitrogen and oxygen atoms in total. The van der Waals surface area contributed by atoms with Gasteiger partial charge in [0, 0.05) is 11.6 Å². The number of halogens is 3. The van der Waals surface area contributed by atoms with Gasteiger partial charge in [-0.1, -0.05) is 29.3 Å². The van der Waals surface area contributed by atoms with E-state index >= 15 is 0 Å². The summed E-state index contributed by atoms with van der Waals surface area (Å²) in [6, 6.07) is 11.2. The van der Waals surface area contributed by atoms with E-state index < -0.39 is 0 Å². The van der Waals surface area contributed by atoms with Crippen LogP contribution in [0.3, 0.4) is 0 Å². The molecule has 0 N–H and O–H groups in total. The van der Waals surface area contributed by atoms with Gasteiger partial charge in [-0.25, -0.2) is 4.68 Å². The molecule has 0 atom stereocenters. The summed E-state index contributed by atoms with van der Waals surface area (Å²) in [5.74, 6) is 1.44. The van der Waals surface area contributed by atoms with Gasteiger partial charge in [0.1, 0.15) is 11.5 Å². The van der Waals surface area contributed by atoms with E-state index in [4.69, 9.17) is 32.7 Å². The molecule has 0 unspecified atom stereocenters. The lowest BCUT2D eigenvalue weighted by Gasteiger charge is -2.15. The van der Waals surface area contributed by atoms with Crippen molar-refractivity contribution in [2.24, 2.45) is 0 Å². The van der Waals surface area contributed by atoms with E-state index in [2.05, 4.69) is 27.7 Å². The third-order valence-corrected chi connectivity index (χ3v) is 5.20. The summed E-state index contributed by atoms with van der Waals surface area (Å²) in [5.41, 5.74) is 2.44. The van der Waals surface area contributed by atoms with Crippen LogP contribution in [0, 0.1) is 3.57 Å². The lowest BCUT2D eigenvalue weighted by molar-refractivity contribution is 0.393. The summed E-state index contributed by atoms with van der Waals surface area (Å²) >= 11 is 14.7. The number of methoxy groups -OCH3 is 2. The minimum Gasteiger partial charge on any atom is -0.496 e. The molecule has 3 aromatic rings. The molecule has 0 fully saturated rings. The Labute approximate surface area is 163 Å². The maximum atomic E-state index is 6.35. The molecule has 0 saturated carbocycles. The van der Waals surface area contributed by atoms with Crippen LogP contribution in [0.1, 0.15) is 0 Å². The third-order valence-electron chi connectivity index (χ3n) is 3.55. The predicted molar refractivity (Wildman–Crippen MR) is 105 cm³/mol. The number of ether oxygens (including phenoxy) is 2. The van der Waals surface area contributed by atoms with Crippen LogP contribution in [-0.4, -0.2) is 24.0 Å². The summed E-state index contributed by atoms with van der Waals surface area (Å²) in [4.78, 5) is 0. The standard InChI is InChI=1S/C17H13Cl2IN2O2/c1-23-15-9-16(24-2)12(20)8-10(15)13-6-7-21-22(13)14-5-3-4-11(18)17(14)19/h3-9H,1-2H3. The summed E-state index contributed by atoms with van der Waals surface area (Å²) in [5, 5.41) is 5.33. The van der Waals surface area contributed by atoms with Crippen molar-refractivity contribution in [2.75, 3.05) is 14.2 Å². The molecule has 0 aliphatic carbocycles. The number of hydrogen-bond donors (Lipinski definition) is 0. The molecule has 1 aromatic heterocycles. The Morgan fingerprint density at radius 2 is 1.79 bits per heavy atom. The number of hydrogen-bond acceptors (Lipinski definition) is 3. The average molecular weight is 475 g/mol. The Balaban J connectivity index is 2.21. The van der Waals surface area contributed by atoms with Gasteiger partial charge in [-0.15, -0.1) is 0 Å². The summed E-state index contributed by atoms with van der Waals surface area (Å²) in [6.45, 7) is 0. The first-order chi connectivity index (χ1) is 11.6. The lowest BCUT2D eigenvalue weighted by Crippen LogP contribution is -2.02. The molecule has 0 aliphatic heterocycles. The molecule has 0 spiro atoms. The van der Waals surface area contributed by atoms with Gasteiger partial charge in [-0.2, -0.15) is 5.10 Å². The van der Waals surface area contributed by atoms with Crippen molar-refractivity contribution < 1.29 is 9.47 Å². The maximum absolute atomic E-state index is 6.35. The van der Waals surface area contributed by atoms with Crippen LogP contribution < -0.4 is 9.47 Å². The topological polar surface area (TPSA) is 36.3 Å². The zero-order chi connectivity index (χ0) is 17.3. The van der Waals surface area contributed by atoms with Crippen molar-refractivity contribution in [2.45, 2.75) is 0 Å². The predicted octanol–water partition coefficient (Wildman–Crippen LogP) is 5.47. The Bertz CT molecular complexity index is 896. The quantitative estimate of drug-likeness (QED) is 0.470. The molecular weight excluding hydrogens is 462 g/mol. The van der Waals surface area contributed by atoms with E-state index in [1.165, 1.54) is 0 Å². The van der Waals surface area contributed by atoms with Gasteiger partial charge >= 0.3 is 0 Å². The van der Waals surface area contributed by atoms with Gasteiger partial charge in [-0.3, -0.25) is 0 Å². The molecule has 124 valence electrons. The summed E-state index contributed by atoms with van der Waals surface area (Å²) < 4.78 is 13.6. The van der Waals surface area contributed by atoms with Gasteiger partial charge in [0.05, 0.1) is 45.4 Å². The molecule has 0 aliphatic rings.